The highest BCUT2D eigenvalue weighted by atomic mass is 35.5. The van der Waals surface area contributed by atoms with E-state index in [9.17, 15) is 4.39 Å². The van der Waals surface area contributed by atoms with Gasteiger partial charge in [-0.1, -0.05) is 17.7 Å². The molecule has 2 aromatic carbocycles. The summed E-state index contributed by atoms with van der Waals surface area (Å²) in [6, 6.07) is 10.2. The lowest BCUT2D eigenvalue weighted by Crippen LogP contribution is -2.42. The quantitative estimate of drug-likeness (QED) is 0.873. The Balaban J connectivity index is 1.86. The summed E-state index contributed by atoms with van der Waals surface area (Å²) in [6.07, 6.45) is 0.0844. The van der Waals surface area contributed by atoms with E-state index in [0.29, 0.717) is 23.7 Å². The molecule has 0 bridgehead atoms. The minimum Gasteiger partial charge on any atom is -0.381 e. The van der Waals surface area contributed by atoms with Crippen molar-refractivity contribution in [3.05, 3.63) is 52.3 Å². The van der Waals surface area contributed by atoms with Gasteiger partial charge in [0, 0.05) is 25.2 Å². The van der Waals surface area contributed by atoms with Crippen LogP contribution in [0.1, 0.15) is 11.1 Å². The molecule has 6 heteroatoms. The van der Waals surface area contributed by atoms with Crippen molar-refractivity contribution in [3.8, 4) is 17.2 Å². The van der Waals surface area contributed by atoms with E-state index in [0.717, 1.165) is 29.9 Å². The Kier molecular flexibility index (Phi) is 5.54. The van der Waals surface area contributed by atoms with Gasteiger partial charge in [-0.15, -0.1) is 0 Å². The van der Waals surface area contributed by atoms with Crippen molar-refractivity contribution in [2.75, 3.05) is 31.6 Å². The molecule has 0 aliphatic carbocycles. The van der Waals surface area contributed by atoms with Gasteiger partial charge in [0.2, 0.25) is 0 Å². The lowest BCUT2D eigenvalue weighted by molar-refractivity contribution is 0.0372. The number of hydrogen-bond acceptors (Lipinski definition) is 4. The molecule has 0 spiro atoms. The molecule has 1 aliphatic rings. The van der Waals surface area contributed by atoms with Gasteiger partial charge in [-0.05, 0) is 42.3 Å². The number of nitrogens with one attached hydrogen (secondary N) is 2. The normalized spacial score (nSPS) is 17.1. The van der Waals surface area contributed by atoms with Crippen LogP contribution in [0.3, 0.4) is 0 Å². The second kappa shape index (κ2) is 7.83. The fraction of sp³-hybridized carbons (Fsp3) is 0.316. The van der Waals surface area contributed by atoms with Crippen molar-refractivity contribution < 1.29 is 9.13 Å². The molecule has 0 amide bonds. The maximum absolute atomic E-state index is 14.0. The number of nitrogens with zero attached hydrogens (tertiary/aromatic N) is 1. The van der Waals surface area contributed by atoms with E-state index in [4.69, 9.17) is 21.6 Å². The second-order valence-corrected chi connectivity index (χ2v) is 6.44. The Hall–Kier alpha value is -2.13. The van der Waals surface area contributed by atoms with Crippen molar-refractivity contribution >= 4 is 17.3 Å². The van der Waals surface area contributed by atoms with Gasteiger partial charge in [-0.3, -0.25) is 0 Å². The van der Waals surface area contributed by atoms with E-state index in [1.807, 2.05) is 25.1 Å². The molecule has 1 saturated heterocycles. The van der Waals surface area contributed by atoms with Crippen molar-refractivity contribution in [2.24, 2.45) is 0 Å². The van der Waals surface area contributed by atoms with Crippen LogP contribution in [0.15, 0.2) is 30.3 Å². The largest absolute Gasteiger partial charge is 0.381 e. The maximum atomic E-state index is 14.0. The van der Waals surface area contributed by atoms with Crippen LogP contribution in [0, 0.1) is 24.1 Å². The molecule has 4 nitrogen and oxygen atoms in total. The van der Waals surface area contributed by atoms with Gasteiger partial charge >= 0.3 is 0 Å². The van der Waals surface area contributed by atoms with Crippen LogP contribution in [0.2, 0.25) is 5.02 Å². The smallest absolute Gasteiger partial charge is 0.141 e. The Morgan fingerprint density at radius 2 is 2.24 bits per heavy atom. The van der Waals surface area contributed by atoms with Crippen LogP contribution < -0.4 is 10.6 Å². The molecule has 3 rings (SSSR count). The monoisotopic (exact) mass is 359 g/mol. The number of nitriles is 1. The van der Waals surface area contributed by atoms with Crippen molar-refractivity contribution in [1.82, 2.24) is 5.32 Å². The van der Waals surface area contributed by atoms with Crippen LogP contribution in [0.25, 0.3) is 11.1 Å². The van der Waals surface area contributed by atoms with Gasteiger partial charge in [0.15, 0.2) is 0 Å². The predicted octanol–water partition coefficient (Wildman–Crippen LogP) is 3.73. The Morgan fingerprint density at radius 3 is 2.92 bits per heavy atom. The van der Waals surface area contributed by atoms with Gasteiger partial charge in [0.25, 0.3) is 0 Å². The first-order chi connectivity index (χ1) is 12.1. The Bertz CT molecular complexity index is 813. The highest BCUT2D eigenvalue weighted by Gasteiger charge is 2.16. The SMILES string of the molecule is Cc1cc(NC[C@H]2CNCCO2)c(Cl)c(-c2ccc(C#N)c(F)c2)c1. The minimum atomic E-state index is -0.547. The molecule has 25 heavy (non-hydrogen) atoms. The number of hydrogen-bond donors (Lipinski definition) is 2. The number of halogens is 2. The molecule has 2 aromatic rings. The molecular weight excluding hydrogens is 341 g/mol. The summed E-state index contributed by atoms with van der Waals surface area (Å²) in [6.45, 7) is 4.96. The molecular formula is C19H19ClFN3O. The number of benzene rings is 2. The summed E-state index contributed by atoms with van der Waals surface area (Å²) < 4.78 is 19.6. The molecule has 0 saturated carbocycles. The molecule has 1 heterocycles. The average molecular weight is 360 g/mol. The van der Waals surface area contributed by atoms with E-state index in [1.165, 1.54) is 12.1 Å². The van der Waals surface area contributed by atoms with E-state index in [-0.39, 0.29) is 11.7 Å². The molecule has 0 unspecified atom stereocenters. The Labute approximate surface area is 151 Å². The van der Waals surface area contributed by atoms with Gasteiger partial charge < -0.3 is 15.4 Å². The first-order valence-corrected chi connectivity index (χ1v) is 8.52. The topological polar surface area (TPSA) is 57.1 Å². The van der Waals surface area contributed by atoms with Gasteiger partial charge in [-0.25, -0.2) is 4.39 Å². The number of rotatable bonds is 4. The predicted molar refractivity (Wildman–Crippen MR) is 97.4 cm³/mol. The summed E-state index contributed by atoms with van der Waals surface area (Å²) in [5.74, 6) is -0.547. The number of anilines is 1. The van der Waals surface area contributed by atoms with Gasteiger partial charge in [-0.2, -0.15) is 5.26 Å². The molecule has 130 valence electrons. The molecule has 0 radical (unpaired) electrons. The van der Waals surface area contributed by atoms with Crippen LogP contribution in [-0.4, -0.2) is 32.3 Å². The fourth-order valence-corrected chi connectivity index (χ4v) is 3.14. The molecule has 1 atom stereocenters. The molecule has 2 N–H and O–H groups in total. The van der Waals surface area contributed by atoms with Crippen molar-refractivity contribution in [3.63, 3.8) is 0 Å². The fourth-order valence-electron chi connectivity index (χ4n) is 2.86. The van der Waals surface area contributed by atoms with Gasteiger partial charge in [0.05, 0.1) is 29.0 Å². The van der Waals surface area contributed by atoms with E-state index < -0.39 is 5.82 Å². The first kappa shape index (κ1) is 17.7. The lowest BCUT2D eigenvalue weighted by atomic mass is 10.0. The average Bonchev–Trinajstić information content (AvgIpc) is 2.63. The number of morpholine rings is 1. The second-order valence-electron chi connectivity index (χ2n) is 6.06. The standard InChI is InChI=1S/C19H19ClFN3O/c1-12-6-16(13-2-3-14(9-22)17(21)8-13)19(20)18(7-12)24-11-15-10-23-4-5-25-15/h2-3,6-8,15,23-24H,4-5,10-11H2,1H3/t15-/m1/s1. The first-order valence-electron chi connectivity index (χ1n) is 8.15. The third kappa shape index (κ3) is 4.10. The highest BCUT2D eigenvalue weighted by molar-refractivity contribution is 6.36. The number of aryl methyl sites for hydroxylation is 1. The van der Waals surface area contributed by atoms with E-state index in [2.05, 4.69) is 10.6 Å². The van der Waals surface area contributed by atoms with Crippen molar-refractivity contribution in [2.45, 2.75) is 13.0 Å². The van der Waals surface area contributed by atoms with Crippen LogP contribution in [-0.2, 0) is 4.74 Å². The zero-order valence-electron chi connectivity index (χ0n) is 13.9. The Morgan fingerprint density at radius 1 is 1.40 bits per heavy atom. The highest BCUT2D eigenvalue weighted by Crippen LogP contribution is 2.35. The number of ether oxygens (including phenoxy) is 1. The van der Waals surface area contributed by atoms with Gasteiger partial charge in [0.1, 0.15) is 11.9 Å². The summed E-state index contributed by atoms with van der Waals surface area (Å²) in [4.78, 5) is 0. The summed E-state index contributed by atoms with van der Waals surface area (Å²) in [7, 11) is 0. The molecule has 1 aliphatic heterocycles. The summed E-state index contributed by atoms with van der Waals surface area (Å²) in [5.41, 5.74) is 3.19. The third-order valence-corrected chi connectivity index (χ3v) is 4.55. The minimum absolute atomic E-state index is 0.0211. The van der Waals surface area contributed by atoms with Crippen LogP contribution in [0.4, 0.5) is 10.1 Å². The zero-order valence-corrected chi connectivity index (χ0v) is 14.7. The van der Waals surface area contributed by atoms with Crippen LogP contribution >= 0.6 is 11.6 Å². The van der Waals surface area contributed by atoms with Crippen LogP contribution in [0.5, 0.6) is 0 Å². The third-order valence-electron chi connectivity index (χ3n) is 4.14. The summed E-state index contributed by atoms with van der Waals surface area (Å²) >= 11 is 6.55. The van der Waals surface area contributed by atoms with E-state index >= 15 is 0 Å². The molecule has 1 fully saturated rings. The summed E-state index contributed by atoms with van der Waals surface area (Å²) in [5, 5.41) is 16.0. The van der Waals surface area contributed by atoms with Crippen molar-refractivity contribution in [1.29, 1.82) is 5.26 Å². The molecule has 0 aromatic heterocycles. The zero-order chi connectivity index (χ0) is 17.8. The van der Waals surface area contributed by atoms with E-state index in [1.54, 1.807) is 6.07 Å². The maximum Gasteiger partial charge on any atom is 0.141 e. The lowest BCUT2D eigenvalue weighted by Gasteiger charge is -2.24.